The lowest BCUT2D eigenvalue weighted by Gasteiger charge is -2.14. The zero-order valence-electron chi connectivity index (χ0n) is 10.1. The third-order valence-corrected chi connectivity index (χ3v) is 2.76. The Morgan fingerprint density at radius 1 is 1.33 bits per heavy atom. The molecule has 0 aromatic heterocycles. The van der Waals surface area contributed by atoms with E-state index in [1.54, 1.807) is 0 Å². The molecule has 1 aromatic carbocycles. The Morgan fingerprint density at radius 3 is 2.83 bits per heavy atom. The predicted molar refractivity (Wildman–Crippen MR) is 64.7 cm³/mol. The van der Waals surface area contributed by atoms with Gasteiger partial charge in [0.15, 0.2) is 6.29 Å². The summed E-state index contributed by atoms with van der Waals surface area (Å²) in [5.74, 6) is 0. The van der Waals surface area contributed by atoms with Crippen LogP contribution in [0, 0.1) is 0 Å². The van der Waals surface area contributed by atoms with Crippen molar-refractivity contribution in [3.8, 4) is 0 Å². The predicted octanol–water partition coefficient (Wildman–Crippen LogP) is 1.80. The summed E-state index contributed by atoms with van der Waals surface area (Å²) in [6.45, 7) is 0.718. The Morgan fingerprint density at radius 2 is 2.11 bits per heavy atom. The molecule has 18 heavy (non-hydrogen) atoms. The average Bonchev–Trinajstić information content (AvgIpc) is 2.83. The quantitative estimate of drug-likeness (QED) is 0.866. The first-order valence-electron chi connectivity index (χ1n) is 5.97. The van der Waals surface area contributed by atoms with E-state index in [-0.39, 0.29) is 19.0 Å². The number of primary amides is 1. The lowest BCUT2D eigenvalue weighted by Crippen LogP contribution is -2.23. The van der Waals surface area contributed by atoms with E-state index in [1.807, 2.05) is 30.3 Å². The van der Waals surface area contributed by atoms with E-state index in [9.17, 15) is 4.79 Å². The van der Waals surface area contributed by atoms with Crippen molar-refractivity contribution in [2.75, 3.05) is 6.61 Å². The minimum Gasteiger partial charge on any atom is -0.447 e. The maximum atomic E-state index is 10.5. The van der Waals surface area contributed by atoms with Crippen LogP contribution < -0.4 is 5.73 Å². The summed E-state index contributed by atoms with van der Waals surface area (Å²) in [5.41, 5.74) is 6.00. The second-order valence-electron chi connectivity index (χ2n) is 4.19. The monoisotopic (exact) mass is 251 g/mol. The summed E-state index contributed by atoms with van der Waals surface area (Å²) in [6, 6.07) is 9.91. The van der Waals surface area contributed by atoms with Gasteiger partial charge in [0.2, 0.25) is 0 Å². The Labute approximate surface area is 106 Å². The topological polar surface area (TPSA) is 70.8 Å². The summed E-state index contributed by atoms with van der Waals surface area (Å²) < 4.78 is 15.9. The van der Waals surface area contributed by atoms with Crippen LogP contribution in [-0.2, 0) is 20.8 Å². The van der Waals surface area contributed by atoms with E-state index in [0.717, 1.165) is 18.4 Å². The summed E-state index contributed by atoms with van der Waals surface area (Å²) in [4.78, 5) is 10.5. The Bertz CT molecular complexity index is 382. The van der Waals surface area contributed by atoms with E-state index in [2.05, 4.69) is 0 Å². The van der Waals surface area contributed by atoms with Gasteiger partial charge in [-0.3, -0.25) is 0 Å². The van der Waals surface area contributed by atoms with E-state index < -0.39 is 6.09 Å². The Hall–Kier alpha value is -1.59. The molecule has 5 heteroatoms. The van der Waals surface area contributed by atoms with Crippen molar-refractivity contribution in [3.63, 3.8) is 0 Å². The molecular weight excluding hydrogens is 234 g/mol. The van der Waals surface area contributed by atoms with Gasteiger partial charge in [-0.15, -0.1) is 0 Å². The van der Waals surface area contributed by atoms with Crippen LogP contribution in [0.15, 0.2) is 30.3 Å². The molecular formula is C13H17NO4. The molecule has 2 atom stereocenters. The number of hydrogen-bond acceptors (Lipinski definition) is 4. The molecule has 1 amide bonds. The zero-order chi connectivity index (χ0) is 12.8. The summed E-state index contributed by atoms with van der Waals surface area (Å²) in [5, 5.41) is 0. The molecule has 1 aliphatic heterocycles. The molecule has 1 heterocycles. The first-order valence-corrected chi connectivity index (χ1v) is 5.97. The molecule has 1 fully saturated rings. The van der Waals surface area contributed by atoms with Gasteiger partial charge in [-0.1, -0.05) is 30.3 Å². The number of amides is 1. The molecule has 0 spiro atoms. The lowest BCUT2D eigenvalue weighted by atomic mass is 10.2. The molecule has 1 saturated heterocycles. The molecule has 2 rings (SSSR count). The van der Waals surface area contributed by atoms with Crippen molar-refractivity contribution < 1.29 is 19.0 Å². The van der Waals surface area contributed by atoms with Crippen molar-refractivity contribution in [2.45, 2.75) is 31.8 Å². The summed E-state index contributed by atoms with van der Waals surface area (Å²) >= 11 is 0. The van der Waals surface area contributed by atoms with Gasteiger partial charge in [0.05, 0.1) is 12.7 Å². The minimum atomic E-state index is -0.771. The van der Waals surface area contributed by atoms with Gasteiger partial charge >= 0.3 is 6.09 Å². The molecule has 0 saturated carbocycles. The summed E-state index contributed by atoms with van der Waals surface area (Å²) in [6.07, 6.45) is 0.504. The Kier molecular flexibility index (Phi) is 4.55. The smallest absolute Gasteiger partial charge is 0.404 e. The molecule has 0 unspecified atom stereocenters. The van der Waals surface area contributed by atoms with E-state index in [0.29, 0.717) is 6.61 Å². The molecule has 0 bridgehead atoms. The maximum Gasteiger partial charge on any atom is 0.404 e. The highest BCUT2D eigenvalue weighted by Crippen LogP contribution is 2.21. The van der Waals surface area contributed by atoms with Crippen molar-refractivity contribution in [1.29, 1.82) is 0 Å². The van der Waals surface area contributed by atoms with Crippen LogP contribution in [0.25, 0.3) is 0 Å². The van der Waals surface area contributed by atoms with Gasteiger partial charge in [0.1, 0.15) is 6.61 Å². The van der Waals surface area contributed by atoms with Gasteiger partial charge in [0.25, 0.3) is 0 Å². The zero-order valence-corrected chi connectivity index (χ0v) is 10.1. The second kappa shape index (κ2) is 6.37. The minimum absolute atomic E-state index is 0.113. The molecule has 98 valence electrons. The largest absolute Gasteiger partial charge is 0.447 e. The highest BCUT2D eigenvalue weighted by Gasteiger charge is 2.26. The van der Waals surface area contributed by atoms with Crippen LogP contribution in [0.3, 0.4) is 0 Å². The van der Waals surface area contributed by atoms with E-state index in [1.165, 1.54) is 0 Å². The molecule has 1 aromatic rings. The fraction of sp³-hybridized carbons (Fsp3) is 0.462. The van der Waals surface area contributed by atoms with Gasteiger partial charge in [0, 0.05) is 6.42 Å². The maximum absolute atomic E-state index is 10.5. The summed E-state index contributed by atoms with van der Waals surface area (Å²) in [7, 11) is 0. The first kappa shape index (κ1) is 12.9. The number of nitrogens with two attached hydrogens (primary N) is 1. The number of hydrogen-bond donors (Lipinski definition) is 1. The van der Waals surface area contributed by atoms with Crippen molar-refractivity contribution in [2.24, 2.45) is 5.73 Å². The fourth-order valence-electron chi connectivity index (χ4n) is 1.86. The highest BCUT2D eigenvalue weighted by atomic mass is 16.7. The van der Waals surface area contributed by atoms with Crippen LogP contribution in [0.4, 0.5) is 4.79 Å². The molecule has 5 nitrogen and oxygen atoms in total. The number of benzene rings is 1. The Balaban J connectivity index is 1.68. The molecule has 1 aliphatic rings. The van der Waals surface area contributed by atoms with Crippen LogP contribution in [-0.4, -0.2) is 25.1 Å². The van der Waals surface area contributed by atoms with Gasteiger partial charge in [-0.25, -0.2) is 4.79 Å². The molecule has 2 N–H and O–H groups in total. The van der Waals surface area contributed by atoms with Gasteiger partial charge in [-0.2, -0.15) is 0 Å². The van der Waals surface area contributed by atoms with Crippen molar-refractivity contribution >= 4 is 6.09 Å². The third-order valence-electron chi connectivity index (χ3n) is 2.76. The van der Waals surface area contributed by atoms with Crippen LogP contribution in [0.1, 0.15) is 18.4 Å². The first-order chi connectivity index (χ1) is 8.74. The third kappa shape index (κ3) is 4.01. The van der Waals surface area contributed by atoms with Crippen LogP contribution >= 0.6 is 0 Å². The van der Waals surface area contributed by atoms with Crippen molar-refractivity contribution in [3.05, 3.63) is 35.9 Å². The highest BCUT2D eigenvalue weighted by molar-refractivity contribution is 5.64. The normalized spacial score (nSPS) is 22.9. The number of carbonyl (C=O) groups is 1. The van der Waals surface area contributed by atoms with Crippen molar-refractivity contribution in [1.82, 2.24) is 0 Å². The molecule has 0 aliphatic carbocycles. The average molecular weight is 251 g/mol. The number of rotatable bonds is 5. The van der Waals surface area contributed by atoms with Gasteiger partial charge in [-0.05, 0) is 12.0 Å². The van der Waals surface area contributed by atoms with Crippen LogP contribution in [0.5, 0.6) is 0 Å². The number of carbonyl (C=O) groups excluding carboxylic acids is 1. The SMILES string of the molecule is NC(=O)OC[C@@H]1CC[C@H](OCc2ccccc2)O1. The van der Waals surface area contributed by atoms with E-state index >= 15 is 0 Å². The standard InChI is InChI=1S/C13H17NO4/c14-13(15)17-9-11-6-7-12(18-11)16-8-10-4-2-1-3-5-10/h1-5,11-12H,6-9H2,(H2,14,15)/t11-,12+/m0/s1. The number of ether oxygens (including phenoxy) is 3. The second-order valence-corrected chi connectivity index (χ2v) is 4.19. The van der Waals surface area contributed by atoms with Gasteiger partial charge < -0.3 is 19.9 Å². The fourth-order valence-corrected chi connectivity index (χ4v) is 1.86. The van der Waals surface area contributed by atoms with Crippen LogP contribution in [0.2, 0.25) is 0 Å². The lowest BCUT2D eigenvalue weighted by molar-refractivity contribution is -0.146. The molecule has 0 radical (unpaired) electrons. The van der Waals surface area contributed by atoms with E-state index in [4.69, 9.17) is 19.9 Å².